The first kappa shape index (κ1) is 40.1. The Morgan fingerprint density at radius 2 is 1.65 bits per heavy atom. The summed E-state index contributed by atoms with van der Waals surface area (Å²) in [7, 11) is 0. The molecule has 4 aliphatic heterocycles. The number of anilines is 1. The predicted molar refractivity (Wildman–Crippen MR) is 202 cm³/mol. The van der Waals surface area contributed by atoms with Gasteiger partial charge in [-0.1, -0.05) is 23.2 Å². The van der Waals surface area contributed by atoms with Gasteiger partial charge in [0.15, 0.2) is 0 Å². The Hall–Kier alpha value is -4.66. The lowest BCUT2D eigenvalue weighted by Crippen LogP contribution is -2.43. The zero-order valence-electron chi connectivity index (χ0n) is 30.0. The van der Waals surface area contributed by atoms with Crippen molar-refractivity contribution in [3.05, 3.63) is 74.8 Å². The van der Waals surface area contributed by atoms with E-state index in [2.05, 4.69) is 25.3 Å². The summed E-state index contributed by atoms with van der Waals surface area (Å²) in [6, 6.07) is 10.2. The molecule has 0 spiro atoms. The van der Waals surface area contributed by atoms with Crippen molar-refractivity contribution in [1.82, 2.24) is 19.9 Å². The Bertz CT molecular complexity index is 1840. The van der Waals surface area contributed by atoms with Crippen molar-refractivity contribution in [3.63, 3.8) is 0 Å². The van der Waals surface area contributed by atoms with Crippen molar-refractivity contribution in [2.24, 2.45) is 4.99 Å². The fourth-order valence-corrected chi connectivity index (χ4v) is 6.05. The molecule has 4 bridgehead atoms. The molecule has 2 aromatic carbocycles. The van der Waals surface area contributed by atoms with Gasteiger partial charge in [0, 0.05) is 23.5 Å². The molecule has 0 saturated heterocycles. The van der Waals surface area contributed by atoms with Crippen LogP contribution in [0.4, 0.5) is 15.3 Å². The highest BCUT2D eigenvalue weighted by Crippen LogP contribution is 2.33. The van der Waals surface area contributed by atoms with Crippen LogP contribution in [0.1, 0.15) is 75.2 Å². The Morgan fingerprint density at radius 3 is 2.29 bits per heavy atom. The number of hydrogen-bond acceptors (Lipinski definition) is 10. The van der Waals surface area contributed by atoms with Gasteiger partial charge in [0.2, 0.25) is 11.9 Å². The molecule has 16 heteroatoms. The molecule has 4 amide bonds. The molecule has 0 radical (unpaired) electrons. The SMILES string of the molecule is Cc1snc2c1C(=O)/N=C(\NC(=O)OC(C)(C)C)NCc1cc(Cl)c(c(Cl)c1)NC(=O)CN(C(=O)OC(C)(C)C)CCCC=COc1ccc-2cc1. The number of nitrogens with one attached hydrogen (secondary N) is 3. The van der Waals surface area contributed by atoms with Gasteiger partial charge >= 0.3 is 12.2 Å². The number of guanidine groups is 1. The molecule has 0 saturated carbocycles. The van der Waals surface area contributed by atoms with Crippen LogP contribution in [0.3, 0.4) is 0 Å². The van der Waals surface area contributed by atoms with Crippen LogP contribution in [0.15, 0.2) is 53.7 Å². The second-order valence-electron chi connectivity index (χ2n) is 13.7. The Labute approximate surface area is 316 Å². The zero-order chi connectivity index (χ0) is 38.2. The van der Waals surface area contributed by atoms with Crippen LogP contribution in [-0.2, 0) is 20.8 Å². The summed E-state index contributed by atoms with van der Waals surface area (Å²) in [5.41, 5.74) is 0.425. The highest BCUT2D eigenvalue weighted by Gasteiger charge is 2.26. The van der Waals surface area contributed by atoms with E-state index in [9.17, 15) is 19.2 Å². The Balaban J connectivity index is 1.70. The summed E-state index contributed by atoms with van der Waals surface area (Å²) in [5.74, 6) is -0.833. The number of nitrogens with zero attached hydrogens (tertiary/aromatic N) is 3. The van der Waals surface area contributed by atoms with Gasteiger partial charge in [-0.3, -0.25) is 19.8 Å². The summed E-state index contributed by atoms with van der Waals surface area (Å²) >= 11 is 14.3. The first-order valence-electron chi connectivity index (χ1n) is 16.4. The average molecular weight is 774 g/mol. The summed E-state index contributed by atoms with van der Waals surface area (Å²) in [6.45, 7) is 12.0. The molecule has 3 N–H and O–H groups in total. The van der Waals surface area contributed by atoms with Crippen molar-refractivity contribution >= 4 is 70.4 Å². The maximum absolute atomic E-state index is 13.7. The average Bonchev–Trinajstić information content (AvgIpc) is 3.42. The third-order valence-electron chi connectivity index (χ3n) is 6.95. The van der Waals surface area contributed by atoms with Crippen molar-refractivity contribution in [3.8, 4) is 17.0 Å². The number of rotatable bonds is 0. The normalized spacial score (nSPS) is 15.9. The Kier molecular flexibility index (Phi) is 13.3. The molecule has 0 unspecified atom stereocenters. The zero-order valence-corrected chi connectivity index (χ0v) is 32.3. The summed E-state index contributed by atoms with van der Waals surface area (Å²) < 4.78 is 21.2. The van der Waals surface area contributed by atoms with Crippen molar-refractivity contribution in [2.75, 3.05) is 18.4 Å². The molecule has 0 fully saturated rings. The maximum atomic E-state index is 13.7. The van der Waals surface area contributed by atoms with Crippen LogP contribution in [0, 0.1) is 6.92 Å². The molecule has 5 heterocycles. The van der Waals surface area contributed by atoms with E-state index in [1.165, 1.54) is 11.2 Å². The van der Waals surface area contributed by atoms with Gasteiger partial charge in [0.1, 0.15) is 23.5 Å². The van der Waals surface area contributed by atoms with Crippen molar-refractivity contribution < 1.29 is 33.4 Å². The van der Waals surface area contributed by atoms with Gasteiger partial charge < -0.3 is 24.8 Å². The number of allylic oxidation sites excluding steroid dienone is 1. The van der Waals surface area contributed by atoms with E-state index in [1.807, 2.05) is 0 Å². The minimum Gasteiger partial charge on any atom is -0.465 e. The number of amides is 4. The van der Waals surface area contributed by atoms with Gasteiger partial charge in [-0.2, -0.15) is 9.37 Å². The van der Waals surface area contributed by atoms with Crippen molar-refractivity contribution in [2.45, 2.75) is 79.1 Å². The van der Waals surface area contributed by atoms with Crippen LogP contribution < -0.4 is 20.7 Å². The molecule has 4 aliphatic rings. The molecule has 0 atom stereocenters. The van der Waals surface area contributed by atoms with Gasteiger partial charge in [0.25, 0.3) is 5.91 Å². The molecule has 13 nitrogen and oxygen atoms in total. The number of carbonyl (C=O) groups is 4. The number of aromatic nitrogens is 1. The van der Waals surface area contributed by atoms with Gasteiger partial charge in [-0.25, -0.2) is 9.59 Å². The van der Waals surface area contributed by atoms with Crippen molar-refractivity contribution in [1.29, 1.82) is 0 Å². The van der Waals surface area contributed by atoms with Crippen LogP contribution in [0.25, 0.3) is 11.3 Å². The first-order chi connectivity index (χ1) is 24.4. The summed E-state index contributed by atoms with van der Waals surface area (Å²) in [4.78, 5) is 58.8. The number of halogens is 2. The second-order valence-corrected chi connectivity index (χ2v) is 15.5. The molecule has 0 aliphatic carbocycles. The first-order valence-corrected chi connectivity index (χ1v) is 17.9. The standard InChI is InChI=1S/C36H42Cl2N6O7S/c1-21-28-29(43-52-21)23-11-13-24(14-12-23)49-16-10-8-9-15-44(34(48)51-36(5,6)7)20-27(45)40-30-25(37)17-22(18-26(30)38)19-39-32(41-31(28)46)42-33(47)50-35(2,3)4/h10-14,16-18H,8-9,15,19-20H2,1-7H3,(H,40,45)(H2,39,41,42,46,47). The molecule has 1 aromatic heterocycles. The number of ether oxygens (including phenoxy) is 3. The molecule has 3 aromatic rings. The van der Waals surface area contributed by atoms with Crippen LogP contribution in [0.5, 0.6) is 5.75 Å². The number of benzene rings is 2. The molecule has 52 heavy (non-hydrogen) atoms. The lowest BCUT2D eigenvalue weighted by Gasteiger charge is -2.27. The minimum absolute atomic E-state index is 0.00518. The highest BCUT2D eigenvalue weighted by atomic mass is 35.5. The minimum atomic E-state index is -0.838. The quantitative estimate of drug-likeness (QED) is 0.205. The number of carbonyl (C=O) groups excluding carboxylic acids is 4. The molecule has 278 valence electrons. The highest BCUT2D eigenvalue weighted by molar-refractivity contribution is 7.06. The topological polar surface area (TPSA) is 161 Å². The van der Waals surface area contributed by atoms with E-state index in [1.54, 1.807) is 90.9 Å². The van der Waals surface area contributed by atoms with E-state index in [0.717, 1.165) is 11.5 Å². The van der Waals surface area contributed by atoms with Gasteiger partial charge in [0.05, 0.1) is 33.3 Å². The third kappa shape index (κ3) is 12.0. The second kappa shape index (κ2) is 17.2. The maximum Gasteiger partial charge on any atom is 0.414 e. The van der Waals surface area contributed by atoms with Crippen LogP contribution in [0.2, 0.25) is 10.0 Å². The lowest BCUT2D eigenvalue weighted by molar-refractivity contribution is -0.117. The fraction of sp³-hybridized carbons (Fsp3) is 0.389. The van der Waals surface area contributed by atoms with Crippen LogP contribution in [-0.4, -0.2) is 63.5 Å². The van der Waals surface area contributed by atoms with Crippen LogP contribution >= 0.6 is 34.7 Å². The lowest BCUT2D eigenvalue weighted by atomic mass is 10.1. The van der Waals surface area contributed by atoms with Gasteiger partial charge in [-0.05, 0) is 121 Å². The fourth-order valence-electron chi connectivity index (χ4n) is 4.72. The number of hydrogen-bond donors (Lipinski definition) is 3. The molecular weight excluding hydrogens is 731 g/mol. The third-order valence-corrected chi connectivity index (χ3v) is 8.30. The number of aliphatic imine (C=N–C) groups is 1. The predicted octanol–water partition coefficient (Wildman–Crippen LogP) is 8.10. The monoisotopic (exact) mass is 772 g/mol. The van der Waals surface area contributed by atoms with E-state index in [0.29, 0.717) is 40.3 Å². The molecule has 7 rings (SSSR count). The van der Waals surface area contributed by atoms with Gasteiger partial charge in [-0.15, -0.1) is 0 Å². The smallest absolute Gasteiger partial charge is 0.414 e. The van der Waals surface area contributed by atoms with E-state index in [-0.39, 0.29) is 46.9 Å². The number of aryl methyl sites for hydroxylation is 1. The summed E-state index contributed by atoms with van der Waals surface area (Å²) in [6.07, 6.45) is 2.92. The number of alkyl carbamates (subject to hydrolysis) is 1. The van der Waals surface area contributed by atoms with E-state index < -0.39 is 35.2 Å². The van der Waals surface area contributed by atoms with E-state index >= 15 is 0 Å². The molecular formula is C36H42Cl2N6O7S. The summed E-state index contributed by atoms with van der Waals surface area (Å²) in [5, 5.41) is 8.38. The largest absolute Gasteiger partial charge is 0.465 e. The van der Waals surface area contributed by atoms with E-state index in [4.69, 9.17) is 37.4 Å². The Morgan fingerprint density at radius 1 is 1.00 bits per heavy atom.